The van der Waals surface area contributed by atoms with Crippen molar-refractivity contribution in [3.05, 3.63) is 23.4 Å². The number of rotatable bonds is 7. The van der Waals surface area contributed by atoms with Crippen LogP contribution in [0.15, 0.2) is 21.9 Å². The summed E-state index contributed by atoms with van der Waals surface area (Å²) in [4.78, 5) is 18.4. The van der Waals surface area contributed by atoms with Crippen molar-refractivity contribution in [1.82, 2.24) is 20.0 Å². The molecule has 4 rings (SSSR count). The van der Waals surface area contributed by atoms with E-state index in [0.717, 1.165) is 30.3 Å². The van der Waals surface area contributed by atoms with E-state index >= 15 is 0 Å². The van der Waals surface area contributed by atoms with Crippen LogP contribution in [0, 0.1) is 5.92 Å². The van der Waals surface area contributed by atoms with Crippen LogP contribution in [0.5, 0.6) is 0 Å². The molecule has 1 saturated heterocycles. The molecule has 2 fully saturated rings. The van der Waals surface area contributed by atoms with Crippen molar-refractivity contribution >= 4 is 17.2 Å². The van der Waals surface area contributed by atoms with Gasteiger partial charge in [-0.05, 0) is 56.0 Å². The molecule has 0 aromatic carbocycles. The van der Waals surface area contributed by atoms with Crippen molar-refractivity contribution in [3.63, 3.8) is 0 Å². The SMILES string of the molecule is CCCN(Cc1nnc(-c2cccs2)o1)C(=O)CN1CCCC2CCCCC21. The van der Waals surface area contributed by atoms with Crippen molar-refractivity contribution < 1.29 is 9.21 Å². The Morgan fingerprint density at radius 1 is 1.29 bits per heavy atom. The van der Waals surface area contributed by atoms with Gasteiger partial charge >= 0.3 is 0 Å². The van der Waals surface area contributed by atoms with Crippen LogP contribution in [0.25, 0.3) is 10.8 Å². The number of aromatic nitrogens is 2. The Bertz CT molecular complexity index is 758. The average molecular weight is 403 g/mol. The third kappa shape index (κ3) is 4.46. The van der Waals surface area contributed by atoms with E-state index in [0.29, 0.717) is 30.9 Å². The van der Waals surface area contributed by atoms with Crippen molar-refractivity contribution in [2.24, 2.45) is 5.92 Å². The summed E-state index contributed by atoms with van der Waals surface area (Å²) in [5.74, 6) is 2.03. The van der Waals surface area contributed by atoms with Crippen LogP contribution in [-0.2, 0) is 11.3 Å². The molecule has 3 heterocycles. The number of hydrogen-bond acceptors (Lipinski definition) is 6. The molecule has 1 amide bonds. The molecule has 6 nitrogen and oxygen atoms in total. The first-order valence-electron chi connectivity index (χ1n) is 10.6. The standard InChI is InChI=1S/C21H30N4O2S/c1-2-11-25(14-19-22-23-21(27-19)18-10-6-13-28-18)20(26)15-24-12-5-8-16-7-3-4-9-17(16)24/h6,10,13,16-17H,2-5,7-9,11-12,14-15H2,1H3. The topological polar surface area (TPSA) is 62.5 Å². The zero-order valence-electron chi connectivity index (χ0n) is 16.7. The number of carbonyl (C=O) groups excluding carboxylic acids is 1. The van der Waals surface area contributed by atoms with E-state index in [1.54, 1.807) is 11.3 Å². The lowest BCUT2D eigenvalue weighted by Crippen LogP contribution is -2.51. The summed E-state index contributed by atoms with van der Waals surface area (Å²) in [6.07, 6.45) is 8.72. The van der Waals surface area contributed by atoms with Gasteiger partial charge in [-0.1, -0.05) is 25.8 Å². The normalized spacial score (nSPS) is 22.8. The summed E-state index contributed by atoms with van der Waals surface area (Å²) in [5, 5.41) is 10.3. The lowest BCUT2D eigenvalue weighted by atomic mass is 9.78. The molecule has 1 saturated carbocycles. The molecule has 7 heteroatoms. The highest BCUT2D eigenvalue weighted by Gasteiger charge is 2.34. The third-order valence-electron chi connectivity index (χ3n) is 6.07. The van der Waals surface area contributed by atoms with Crippen LogP contribution in [0.1, 0.15) is 57.8 Å². The Kier molecular flexibility index (Phi) is 6.42. The molecule has 152 valence electrons. The number of carbonyl (C=O) groups is 1. The van der Waals surface area contributed by atoms with Gasteiger partial charge in [0.1, 0.15) is 0 Å². The Morgan fingerprint density at radius 2 is 2.14 bits per heavy atom. The van der Waals surface area contributed by atoms with Gasteiger partial charge in [-0.25, -0.2) is 0 Å². The fourth-order valence-electron chi connectivity index (χ4n) is 4.74. The number of fused-ring (bicyclic) bond motifs is 1. The molecule has 0 N–H and O–H groups in total. The fraction of sp³-hybridized carbons (Fsp3) is 0.667. The number of nitrogens with zero attached hydrogens (tertiary/aromatic N) is 4. The minimum Gasteiger partial charge on any atom is -0.418 e. The predicted octanol–water partition coefficient (Wildman–Crippen LogP) is 4.19. The molecule has 28 heavy (non-hydrogen) atoms. The van der Waals surface area contributed by atoms with Crippen LogP contribution in [0.3, 0.4) is 0 Å². The van der Waals surface area contributed by atoms with Crippen molar-refractivity contribution in [2.75, 3.05) is 19.6 Å². The monoisotopic (exact) mass is 402 g/mol. The molecule has 0 spiro atoms. The second-order valence-electron chi connectivity index (χ2n) is 8.02. The predicted molar refractivity (Wildman–Crippen MR) is 110 cm³/mol. The molecular weight excluding hydrogens is 372 g/mol. The molecule has 0 radical (unpaired) electrons. The molecule has 0 bridgehead atoms. The molecule has 2 aromatic rings. The Labute approximate surface area is 170 Å². The van der Waals surface area contributed by atoms with Gasteiger partial charge in [0.05, 0.1) is 18.0 Å². The van der Waals surface area contributed by atoms with Gasteiger partial charge in [0.15, 0.2) is 0 Å². The van der Waals surface area contributed by atoms with Gasteiger partial charge in [0.25, 0.3) is 5.89 Å². The summed E-state index contributed by atoms with van der Waals surface area (Å²) < 4.78 is 5.81. The van der Waals surface area contributed by atoms with E-state index < -0.39 is 0 Å². The van der Waals surface area contributed by atoms with E-state index in [1.165, 1.54) is 38.5 Å². The maximum absolute atomic E-state index is 13.1. The average Bonchev–Trinajstić information content (AvgIpc) is 3.40. The van der Waals surface area contributed by atoms with E-state index in [4.69, 9.17) is 4.42 Å². The lowest BCUT2D eigenvalue weighted by molar-refractivity contribution is -0.135. The zero-order chi connectivity index (χ0) is 19.3. The van der Waals surface area contributed by atoms with Crippen molar-refractivity contribution in [2.45, 2.75) is 64.5 Å². The molecule has 2 unspecified atom stereocenters. The van der Waals surface area contributed by atoms with Gasteiger partial charge in [-0.3, -0.25) is 9.69 Å². The maximum Gasteiger partial charge on any atom is 0.257 e. The van der Waals surface area contributed by atoms with Gasteiger partial charge < -0.3 is 9.32 Å². The molecular formula is C21H30N4O2S. The second kappa shape index (κ2) is 9.18. The van der Waals surface area contributed by atoms with Gasteiger partial charge in [0, 0.05) is 12.6 Å². The van der Waals surface area contributed by atoms with E-state index in [2.05, 4.69) is 22.0 Å². The summed E-state index contributed by atoms with van der Waals surface area (Å²) in [5.41, 5.74) is 0. The number of amides is 1. The van der Waals surface area contributed by atoms with Gasteiger partial charge in [0.2, 0.25) is 11.8 Å². The maximum atomic E-state index is 13.1. The molecule has 1 aliphatic heterocycles. The van der Waals surface area contributed by atoms with Crippen molar-refractivity contribution in [1.29, 1.82) is 0 Å². The van der Waals surface area contributed by atoms with E-state index in [1.807, 2.05) is 22.4 Å². The van der Waals surface area contributed by atoms with Crippen LogP contribution < -0.4 is 0 Å². The summed E-state index contributed by atoms with van der Waals surface area (Å²) in [7, 11) is 0. The third-order valence-corrected chi connectivity index (χ3v) is 6.93. The molecule has 2 atom stereocenters. The minimum atomic E-state index is 0.184. The Balaban J connectivity index is 1.40. The number of piperidine rings is 1. The van der Waals surface area contributed by atoms with Crippen molar-refractivity contribution in [3.8, 4) is 10.8 Å². The number of thiophene rings is 1. The first kappa shape index (κ1) is 19.6. The highest BCUT2D eigenvalue weighted by atomic mass is 32.1. The minimum absolute atomic E-state index is 0.184. The number of likely N-dealkylation sites (tertiary alicyclic amines) is 1. The highest BCUT2D eigenvalue weighted by molar-refractivity contribution is 7.13. The van der Waals surface area contributed by atoms with E-state index in [9.17, 15) is 4.79 Å². The molecule has 1 aliphatic carbocycles. The summed E-state index contributed by atoms with van der Waals surface area (Å²) in [6.45, 7) is 4.79. The fourth-order valence-corrected chi connectivity index (χ4v) is 5.38. The second-order valence-corrected chi connectivity index (χ2v) is 8.97. The summed E-state index contributed by atoms with van der Waals surface area (Å²) in [6, 6.07) is 4.53. The molecule has 2 aliphatic rings. The van der Waals surface area contributed by atoms with Crippen LogP contribution >= 0.6 is 11.3 Å². The van der Waals surface area contributed by atoms with Crippen LogP contribution in [-0.4, -0.2) is 51.6 Å². The van der Waals surface area contributed by atoms with Gasteiger partial charge in [-0.15, -0.1) is 21.5 Å². The van der Waals surface area contributed by atoms with E-state index in [-0.39, 0.29) is 5.91 Å². The quantitative estimate of drug-likeness (QED) is 0.695. The largest absolute Gasteiger partial charge is 0.418 e. The Hall–Kier alpha value is -1.73. The van der Waals surface area contributed by atoms with Gasteiger partial charge in [-0.2, -0.15) is 0 Å². The highest BCUT2D eigenvalue weighted by Crippen LogP contribution is 2.35. The first-order valence-corrected chi connectivity index (χ1v) is 11.5. The van der Waals surface area contributed by atoms with Crippen LogP contribution in [0.2, 0.25) is 0 Å². The lowest BCUT2D eigenvalue weighted by Gasteiger charge is -2.44. The summed E-state index contributed by atoms with van der Waals surface area (Å²) >= 11 is 1.58. The first-order chi connectivity index (χ1) is 13.7. The van der Waals surface area contributed by atoms with Crippen LogP contribution in [0.4, 0.5) is 0 Å². The number of hydrogen-bond donors (Lipinski definition) is 0. The smallest absolute Gasteiger partial charge is 0.257 e. The Morgan fingerprint density at radius 3 is 2.96 bits per heavy atom. The zero-order valence-corrected chi connectivity index (χ0v) is 17.5. The molecule has 2 aromatic heterocycles.